The SMILES string of the molecule is CCCCCCNS(=O)(=O)c1cc(CNC)ccc1F. The summed E-state index contributed by atoms with van der Waals surface area (Å²) in [7, 11) is -2.02. The Morgan fingerprint density at radius 3 is 2.60 bits per heavy atom. The molecule has 0 saturated heterocycles. The average Bonchev–Trinajstić information content (AvgIpc) is 2.41. The Balaban J connectivity index is 2.73. The van der Waals surface area contributed by atoms with Crippen molar-refractivity contribution in [3.05, 3.63) is 29.6 Å². The van der Waals surface area contributed by atoms with Crippen LogP contribution < -0.4 is 10.0 Å². The number of benzene rings is 1. The molecule has 2 N–H and O–H groups in total. The molecule has 0 bridgehead atoms. The normalized spacial score (nSPS) is 11.8. The molecule has 6 heteroatoms. The monoisotopic (exact) mass is 302 g/mol. The molecular formula is C14H23FN2O2S. The highest BCUT2D eigenvalue weighted by atomic mass is 32.2. The van der Waals surface area contributed by atoms with Gasteiger partial charge in [-0.05, 0) is 31.2 Å². The molecule has 0 heterocycles. The summed E-state index contributed by atoms with van der Waals surface area (Å²) < 4.78 is 40.3. The summed E-state index contributed by atoms with van der Waals surface area (Å²) in [5, 5.41) is 2.91. The lowest BCUT2D eigenvalue weighted by Gasteiger charge is -2.09. The molecule has 0 aliphatic rings. The number of nitrogens with one attached hydrogen (secondary N) is 2. The van der Waals surface area contributed by atoms with Crippen molar-refractivity contribution in [1.82, 2.24) is 10.0 Å². The van der Waals surface area contributed by atoms with E-state index in [0.717, 1.165) is 31.2 Å². The predicted octanol–water partition coefficient (Wildman–Crippen LogP) is 2.40. The Labute approximate surface area is 120 Å². The number of unbranched alkanes of at least 4 members (excludes halogenated alkanes) is 3. The van der Waals surface area contributed by atoms with Gasteiger partial charge < -0.3 is 5.32 Å². The van der Waals surface area contributed by atoms with Crippen LogP contribution in [0.4, 0.5) is 4.39 Å². The quantitative estimate of drug-likeness (QED) is 0.689. The first-order chi connectivity index (χ1) is 9.51. The van der Waals surface area contributed by atoms with E-state index in [0.29, 0.717) is 13.1 Å². The average molecular weight is 302 g/mol. The third-order valence-corrected chi connectivity index (χ3v) is 4.46. The standard InChI is InChI=1S/C14H23FN2O2S/c1-3-4-5-6-9-17-20(18,19)14-10-12(11-16-2)7-8-13(14)15/h7-8,10,16-17H,3-6,9,11H2,1-2H3. The molecule has 0 atom stereocenters. The van der Waals surface area contributed by atoms with Crippen molar-refractivity contribution in [2.45, 2.75) is 44.0 Å². The topological polar surface area (TPSA) is 58.2 Å². The van der Waals surface area contributed by atoms with Crippen LogP contribution in [0.1, 0.15) is 38.2 Å². The molecule has 1 aromatic rings. The Hall–Kier alpha value is -0.980. The van der Waals surface area contributed by atoms with E-state index in [1.807, 2.05) is 0 Å². The van der Waals surface area contributed by atoms with Crippen LogP contribution in [0.15, 0.2) is 23.1 Å². The number of sulfonamides is 1. The summed E-state index contributed by atoms with van der Waals surface area (Å²) in [4.78, 5) is -0.277. The van der Waals surface area contributed by atoms with Gasteiger partial charge in [0.15, 0.2) is 0 Å². The Morgan fingerprint density at radius 2 is 1.95 bits per heavy atom. The van der Waals surface area contributed by atoms with Gasteiger partial charge in [-0.1, -0.05) is 32.3 Å². The molecule has 0 unspecified atom stereocenters. The summed E-state index contributed by atoms with van der Waals surface area (Å²) in [6, 6.07) is 4.14. The Morgan fingerprint density at radius 1 is 1.20 bits per heavy atom. The van der Waals surface area contributed by atoms with Crippen LogP contribution in [0.2, 0.25) is 0 Å². The minimum atomic E-state index is -3.77. The van der Waals surface area contributed by atoms with E-state index in [9.17, 15) is 12.8 Å². The van der Waals surface area contributed by atoms with Crippen molar-refractivity contribution >= 4 is 10.0 Å². The van der Waals surface area contributed by atoms with Crippen molar-refractivity contribution in [2.24, 2.45) is 0 Å². The molecule has 0 saturated carbocycles. The van der Waals surface area contributed by atoms with E-state index in [2.05, 4.69) is 17.0 Å². The molecule has 0 spiro atoms. The second kappa shape index (κ2) is 8.34. The van der Waals surface area contributed by atoms with Gasteiger partial charge in [0.05, 0.1) is 0 Å². The Kier molecular flexibility index (Phi) is 7.12. The third kappa shape index (κ3) is 5.19. The maximum absolute atomic E-state index is 13.7. The second-order valence-electron chi connectivity index (χ2n) is 4.75. The summed E-state index contributed by atoms with van der Waals surface area (Å²) >= 11 is 0. The number of hydrogen-bond acceptors (Lipinski definition) is 3. The van der Waals surface area contributed by atoms with Gasteiger partial charge in [-0.2, -0.15) is 0 Å². The number of halogens is 1. The van der Waals surface area contributed by atoms with Crippen molar-refractivity contribution in [3.63, 3.8) is 0 Å². The van der Waals surface area contributed by atoms with Crippen LogP contribution in [-0.2, 0) is 16.6 Å². The maximum atomic E-state index is 13.7. The van der Waals surface area contributed by atoms with E-state index in [4.69, 9.17) is 0 Å². The smallest absolute Gasteiger partial charge is 0.243 e. The summed E-state index contributed by atoms with van der Waals surface area (Å²) in [6.45, 7) is 2.93. The second-order valence-corrected chi connectivity index (χ2v) is 6.49. The van der Waals surface area contributed by atoms with E-state index in [-0.39, 0.29) is 4.90 Å². The molecule has 0 aromatic heterocycles. The van der Waals surface area contributed by atoms with Crippen LogP contribution in [0.3, 0.4) is 0 Å². The molecule has 1 rings (SSSR count). The highest BCUT2D eigenvalue weighted by Crippen LogP contribution is 2.16. The zero-order valence-electron chi connectivity index (χ0n) is 12.1. The van der Waals surface area contributed by atoms with Crippen LogP contribution in [0.5, 0.6) is 0 Å². The zero-order valence-corrected chi connectivity index (χ0v) is 12.9. The lowest BCUT2D eigenvalue weighted by molar-refractivity contribution is 0.551. The summed E-state index contributed by atoms with van der Waals surface area (Å²) in [5.74, 6) is -0.717. The van der Waals surface area contributed by atoms with E-state index in [1.165, 1.54) is 12.1 Å². The first-order valence-electron chi connectivity index (χ1n) is 6.94. The van der Waals surface area contributed by atoms with Crippen LogP contribution >= 0.6 is 0 Å². The van der Waals surface area contributed by atoms with Crippen molar-refractivity contribution in [2.75, 3.05) is 13.6 Å². The highest BCUT2D eigenvalue weighted by molar-refractivity contribution is 7.89. The van der Waals surface area contributed by atoms with E-state index < -0.39 is 15.8 Å². The highest BCUT2D eigenvalue weighted by Gasteiger charge is 2.18. The fourth-order valence-electron chi connectivity index (χ4n) is 1.90. The zero-order chi connectivity index (χ0) is 15.0. The molecule has 20 heavy (non-hydrogen) atoms. The number of rotatable bonds is 9. The minimum Gasteiger partial charge on any atom is -0.316 e. The lowest BCUT2D eigenvalue weighted by atomic mass is 10.2. The maximum Gasteiger partial charge on any atom is 0.243 e. The third-order valence-electron chi connectivity index (χ3n) is 2.99. The fourth-order valence-corrected chi connectivity index (χ4v) is 3.10. The van der Waals surface area contributed by atoms with Gasteiger partial charge in [0.25, 0.3) is 0 Å². The van der Waals surface area contributed by atoms with E-state index >= 15 is 0 Å². The van der Waals surface area contributed by atoms with E-state index in [1.54, 1.807) is 13.1 Å². The van der Waals surface area contributed by atoms with Crippen LogP contribution in [0.25, 0.3) is 0 Å². The lowest BCUT2D eigenvalue weighted by Crippen LogP contribution is -2.26. The Bertz CT molecular complexity index is 518. The molecule has 0 radical (unpaired) electrons. The minimum absolute atomic E-state index is 0.277. The molecule has 4 nitrogen and oxygen atoms in total. The first-order valence-corrected chi connectivity index (χ1v) is 8.42. The van der Waals surface area contributed by atoms with Crippen molar-refractivity contribution in [1.29, 1.82) is 0 Å². The van der Waals surface area contributed by atoms with Gasteiger partial charge in [-0.15, -0.1) is 0 Å². The van der Waals surface area contributed by atoms with Gasteiger partial charge in [0.1, 0.15) is 10.7 Å². The number of hydrogen-bond donors (Lipinski definition) is 2. The van der Waals surface area contributed by atoms with Crippen LogP contribution in [0, 0.1) is 5.82 Å². The van der Waals surface area contributed by atoms with Crippen molar-refractivity contribution < 1.29 is 12.8 Å². The molecule has 114 valence electrons. The molecule has 0 amide bonds. The van der Waals surface area contributed by atoms with Gasteiger partial charge >= 0.3 is 0 Å². The summed E-state index contributed by atoms with van der Waals surface area (Å²) in [6.07, 6.45) is 3.91. The van der Waals surface area contributed by atoms with Crippen LogP contribution in [-0.4, -0.2) is 22.0 Å². The summed E-state index contributed by atoms with van der Waals surface area (Å²) in [5.41, 5.74) is 0.736. The first kappa shape index (κ1) is 17.1. The largest absolute Gasteiger partial charge is 0.316 e. The molecule has 0 aliphatic heterocycles. The van der Waals surface area contributed by atoms with Gasteiger partial charge in [0.2, 0.25) is 10.0 Å². The predicted molar refractivity (Wildman–Crippen MR) is 78.5 cm³/mol. The molecule has 0 aliphatic carbocycles. The van der Waals surface area contributed by atoms with Gasteiger partial charge in [0, 0.05) is 13.1 Å². The molecule has 0 fully saturated rings. The van der Waals surface area contributed by atoms with Gasteiger partial charge in [-0.3, -0.25) is 0 Å². The van der Waals surface area contributed by atoms with Gasteiger partial charge in [-0.25, -0.2) is 17.5 Å². The van der Waals surface area contributed by atoms with Crippen molar-refractivity contribution in [3.8, 4) is 0 Å². The molecule has 1 aromatic carbocycles. The fraction of sp³-hybridized carbons (Fsp3) is 0.571. The molecular weight excluding hydrogens is 279 g/mol.